The Balaban J connectivity index is 1.17. The molecule has 3 N–H and O–H groups in total. The number of anilines is 4. The summed E-state index contributed by atoms with van der Waals surface area (Å²) in [5, 5.41) is 8.65. The first-order valence-corrected chi connectivity index (χ1v) is 12.8. The summed E-state index contributed by atoms with van der Waals surface area (Å²) in [4.78, 5) is 35.6. The van der Waals surface area contributed by atoms with Crippen LogP contribution in [0.4, 0.5) is 27.1 Å². The molecule has 0 atom stereocenters. The summed E-state index contributed by atoms with van der Waals surface area (Å²) in [5.74, 6) is -1.34. The van der Waals surface area contributed by atoms with Crippen molar-refractivity contribution >= 4 is 56.1 Å². The van der Waals surface area contributed by atoms with Crippen LogP contribution in [0.5, 0.6) is 0 Å². The van der Waals surface area contributed by atoms with Crippen LogP contribution in [0.3, 0.4) is 0 Å². The number of para-hydroxylation sites is 1. The van der Waals surface area contributed by atoms with E-state index in [0.29, 0.717) is 24.2 Å². The number of rotatable bonds is 7. The molecule has 0 saturated heterocycles. The minimum atomic E-state index is -1.14. The molecule has 3 heterocycles. The van der Waals surface area contributed by atoms with Gasteiger partial charge in [0, 0.05) is 30.8 Å². The van der Waals surface area contributed by atoms with Gasteiger partial charge in [0.2, 0.25) is 11.8 Å². The standard InChI is InChI=1S/C28H23FN6O2S/c1-35-15-23(31-16-35)24-14-22-25(38-24)21(9-12-30-22)34-20-8-7-18(13-19(20)29)33-27(37)28(10-11-28)26(36)32-17-5-3-2-4-6-17/h2-9,12-16H,10-11H2,1H3,(H,30,34)(H,32,36)(H,33,37). The van der Waals surface area contributed by atoms with Crippen molar-refractivity contribution in [1.29, 1.82) is 0 Å². The topological polar surface area (TPSA) is 101 Å². The van der Waals surface area contributed by atoms with Crippen molar-refractivity contribution in [3.05, 3.63) is 85.2 Å². The predicted molar refractivity (Wildman–Crippen MR) is 147 cm³/mol. The SMILES string of the molecule is Cn1cnc(-c2cc3nccc(Nc4ccc(NC(=O)C5(C(=O)Nc6ccccc6)CC5)cc4F)c3s2)c1. The lowest BCUT2D eigenvalue weighted by Crippen LogP contribution is -2.35. The molecule has 5 aromatic rings. The maximum absolute atomic E-state index is 15.1. The van der Waals surface area contributed by atoms with Gasteiger partial charge in [-0.15, -0.1) is 11.3 Å². The van der Waals surface area contributed by atoms with Crippen LogP contribution in [0.15, 0.2) is 79.4 Å². The Morgan fingerprint density at radius 3 is 2.39 bits per heavy atom. The van der Waals surface area contributed by atoms with Crippen LogP contribution in [-0.2, 0) is 16.6 Å². The molecule has 2 amide bonds. The summed E-state index contributed by atoms with van der Waals surface area (Å²) in [6.07, 6.45) is 6.23. The highest BCUT2D eigenvalue weighted by atomic mass is 32.1. The monoisotopic (exact) mass is 526 g/mol. The van der Waals surface area contributed by atoms with Crippen LogP contribution in [0.2, 0.25) is 0 Å². The first-order valence-electron chi connectivity index (χ1n) is 12.0. The van der Waals surface area contributed by atoms with Gasteiger partial charge in [0.25, 0.3) is 0 Å². The third kappa shape index (κ3) is 4.50. The van der Waals surface area contributed by atoms with Gasteiger partial charge in [0.15, 0.2) is 0 Å². The zero-order chi connectivity index (χ0) is 26.3. The summed E-state index contributed by atoms with van der Waals surface area (Å²) in [6, 6.07) is 17.2. The number of hydrogen-bond donors (Lipinski definition) is 3. The van der Waals surface area contributed by atoms with Crippen molar-refractivity contribution in [2.45, 2.75) is 12.8 Å². The number of hydrogen-bond acceptors (Lipinski definition) is 6. The largest absolute Gasteiger partial charge is 0.352 e. The lowest BCUT2D eigenvalue weighted by molar-refractivity contribution is -0.131. The number of benzene rings is 2. The number of aryl methyl sites for hydroxylation is 1. The Morgan fingerprint density at radius 2 is 1.71 bits per heavy atom. The van der Waals surface area contributed by atoms with E-state index in [1.165, 1.54) is 17.4 Å². The first kappa shape index (κ1) is 23.8. The average molecular weight is 527 g/mol. The second kappa shape index (κ2) is 9.38. The van der Waals surface area contributed by atoms with Gasteiger partial charge in [-0.25, -0.2) is 9.37 Å². The lowest BCUT2D eigenvalue weighted by Gasteiger charge is -2.16. The molecule has 3 aromatic heterocycles. The molecule has 1 aliphatic rings. The molecule has 0 bridgehead atoms. The van der Waals surface area contributed by atoms with E-state index in [1.807, 2.05) is 42.1 Å². The minimum absolute atomic E-state index is 0.256. The third-order valence-electron chi connectivity index (χ3n) is 6.52. The molecule has 0 radical (unpaired) electrons. The van der Waals surface area contributed by atoms with Crippen molar-refractivity contribution in [2.75, 3.05) is 16.0 Å². The van der Waals surface area contributed by atoms with Crippen molar-refractivity contribution in [3.63, 3.8) is 0 Å². The highest BCUT2D eigenvalue weighted by Gasteiger charge is 2.56. The van der Waals surface area contributed by atoms with Crippen molar-refractivity contribution < 1.29 is 14.0 Å². The number of nitrogens with one attached hydrogen (secondary N) is 3. The molecule has 0 spiro atoms. The molecule has 38 heavy (non-hydrogen) atoms. The summed E-state index contributed by atoms with van der Waals surface area (Å²) >= 11 is 1.52. The van der Waals surface area contributed by atoms with Crippen LogP contribution in [0, 0.1) is 11.2 Å². The molecule has 8 nitrogen and oxygen atoms in total. The van der Waals surface area contributed by atoms with Gasteiger partial charge in [-0.1, -0.05) is 18.2 Å². The summed E-state index contributed by atoms with van der Waals surface area (Å²) in [7, 11) is 1.91. The highest BCUT2D eigenvalue weighted by molar-refractivity contribution is 7.22. The number of pyridine rings is 1. The molecule has 0 unspecified atom stereocenters. The van der Waals surface area contributed by atoms with E-state index < -0.39 is 17.1 Å². The molecule has 1 saturated carbocycles. The Bertz CT molecular complexity index is 1680. The van der Waals surface area contributed by atoms with Gasteiger partial charge in [0.05, 0.1) is 38.5 Å². The van der Waals surface area contributed by atoms with Gasteiger partial charge in [-0.05, 0) is 55.3 Å². The van der Waals surface area contributed by atoms with Gasteiger partial charge < -0.3 is 20.5 Å². The fourth-order valence-electron chi connectivity index (χ4n) is 4.25. The predicted octanol–water partition coefficient (Wildman–Crippen LogP) is 5.94. The van der Waals surface area contributed by atoms with Crippen LogP contribution < -0.4 is 16.0 Å². The van der Waals surface area contributed by atoms with Crippen LogP contribution >= 0.6 is 11.3 Å². The van der Waals surface area contributed by atoms with Crippen LogP contribution in [-0.4, -0.2) is 26.3 Å². The van der Waals surface area contributed by atoms with Gasteiger partial charge in [0.1, 0.15) is 11.2 Å². The van der Waals surface area contributed by atoms with E-state index in [9.17, 15) is 9.59 Å². The summed E-state index contributed by atoms with van der Waals surface area (Å²) in [5.41, 5.74) is 2.37. The van der Waals surface area contributed by atoms with E-state index in [1.54, 1.807) is 42.9 Å². The van der Waals surface area contributed by atoms with Gasteiger partial charge >= 0.3 is 0 Å². The van der Waals surface area contributed by atoms with E-state index in [0.717, 1.165) is 20.8 Å². The Labute approximate surface area is 221 Å². The number of halogens is 1. The number of thiophene rings is 1. The second-order valence-electron chi connectivity index (χ2n) is 9.28. The normalized spacial score (nSPS) is 13.7. The van der Waals surface area contributed by atoms with Gasteiger partial charge in [-0.3, -0.25) is 14.6 Å². The molecule has 1 fully saturated rings. The number of imidazole rings is 1. The number of nitrogens with zero attached hydrogens (tertiary/aromatic N) is 3. The Morgan fingerprint density at radius 1 is 0.947 bits per heavy atom. The summed E-state index contributed by atoms with van der Waals surface area (Å²) in [6.45, 7) is 0. The lowest BCUT2D eigenvalue weighted by atomic mass is 10.0. The maximum Gasteiger partial charge on any atom is 0.240 e. The molecule has 10 heteroatoms. The molecule has 2 aromatic carbocycles. The van der Waals surface area contributed by atoms with Gasteiger partial charge in [-0.2, -0.15) is 0 Å². The first-order chi connectivity index (χ1) is 18.4. The van der Waals surface area contributed by atoms with Crippen molar-refractivity contribution in [3.8, 4) is 10.6 Å². The number of aromatic nitrogens is 3. The van der Waals surface area contributed by atoms with E-state index in [-0.39, 0.29) is 17.3 Å². The molecular weight excluding hydrogens is 503 g/mol. The number of carbonyl (C=O) groups excluding carboxylic acids is 2. The third-order valence-corrected chi connectivity index (χ3v) is 7.70. The fourth-order valence-corrected chi connectivity index (χ4v) is 5.29. The highest BCUT2D eigenvalue weighted by Crippen LogP contribution is 2.47. The Hall–Kier alpha value is -4.57. The van der Waals surface area contributed by atoms with Crippen LogP contribution in [0.25, 0.3) is 20.8 Å². The quantitative estimate of drug-likeness (QED) is 0.228. The van der Waals surface area contributed by atoms with Crippen LogP contribution in [0.1, 0.15) is 12.8 Å². The molecular formula is C28H23FN6O2S. The average Bonchev–Trinajstić information content (AvgIpc) is 3.43. The van der Waals surface area contributed by atoms with E-state index >= 15 is 4.39 Å². The molecule has 6 rings (SSSR count). The smallest absolute Gasteiger partial charge is 0.240 e. The maximum atomic E-state index is 15.1. The Kier molecular flexibility index (Phi) is 5.88. The van der Waals surface area contributed by atoms with Crippen molar-refractivity contribution in [2.24, 2.45) is 12.5 Å². The molecule has 190 valence electrons. The zero-order valence-corrected chi connectivity index (χ0v) is 21.2. The minimum Gasteiger partial charge on any atom is -0.352 e. The number of carbonyl (C=O) groups is 2. The second-order valence-corrected chi connectivity index (χ2v) is 10.3. The molecule has 1 aliphatic carbocycles. The zero-order valence-electron chi connectivity index (χ0n) is 20.4. The fraction of sp³-hybridized carbons (Fsp3) is 0.143. The van der Waals surface area contributed by atoms with Crippen molar-refractivity contribution in [1.82, 2.24) is 14.5 Å². The molecule has 0 aliphatic heterocycles. The van der Waals surface area contributed by atoms with E-state index in [2.05, 4.69) is 25.9 Å². The van der Waals surface area contributed by atoms with E-state index in [4.69, 9.17) is 0 Å². The number of amides is 2. The number of fused-ring (bicyclic) bond motifs is 1. The summed E-state index contributed by atoms with van der Waals surface area (Å²) < 4.78 is 17.9.